The van der Waals surface area contributed by atoms with Crippen molar-refractivity contribution in [3.63, 3.8) is 0 Å². The van der Waals surface area contributed by atoms with Gasteiger partial charge in [-0.05, 0) is 13.0 Å². The first-order valence-electron chi connectivity index (χ1n) is 7.63. The van der Waals surface area contributed by atoms with Crippen molar-refractivity contribution in [3.8, 4) is 11.3 Å². The highest BCUT2D eigenvalue weighted by Gasteiger charge is 2.19. The molecule has 3 rings (SSSR count). The van der Waals surface area contributed by atoms with Crippen LogP contribution in [-0.4, -0.2) is 37.5 Å². The maximum Gasteiger partial charge on any atom is 0.270 e. The number of hydrogen-bond donors (Lipinski definition) is 0. The van der Waals surface area contributed by atoms with E-state index in [1.54, 1.807) is 23.3 Å². The number of hydrogen-bond acceptors (Lipinski definition) is 6. The highest BCUT2D eigenvalue weighted by atomic mass is 32.1. The van der Waals surface area contributed by atoms with E-state index >= 15 is 0 Å². The van der Waals surface area contributed by atoms with Gasteiger partial charge in [0.15, 0.2) is 5.82 Å². The second-order valence-corrected chi connectivity index (χ2v) is 6.66. The van der Waals surface area contributed by atoms with Crippen molar-refractivity contribution in [1.29, 1.82) is 0 Å². The molecule has 1 amide bonds. The van der Waals surface area contributed by atoms with E-state index in [0.29, 0.717) is 23.8 Å². The van der Waals surface area contributed by atoms with Gasteiger partial charge in [0.2, 0.25) is 5.89 Å². The highest BCUT2D eigenvalue weighted by Crippen LogP contribution is 2.24. The van der Waals surface area contributed by atoms with Crippen molar-refractivity contribution < 1.29 is 9.32 Å². The second kappa shape index (κ2) is 6.56. The Morgan fingerprint density at radius 1 is 1.42 bits per heavy atom. The summed E-state index contributed by atoms with van der Waals surface area (Å²) in [5, 5.41) is 6.84. The number of carbonyl (C=O) groups is 1. The fraction of sp³-hybridized carbons (Fsp3) is 0.375. The van der Waals surface area contributed by atoms with Gasteiger partial charge in [0.25, 0.3) is 5.91 Å². The molecule has 0 aliphatic heterocycles. The Balaban J connectivity index is 1.77. The molecule has 0 aromatic carbocycles. The molecule has 7 nitrogen and oxygen atoms in total. The summed E-state index contributed by atoms with van der Waals surface area (Å²) in [5.41, 5.74) is 2.41. The molecular formula is C16H19N5O2S. The summed E-state index contributed by atoms with van der Waals surface area (Å²) in [6.07, 6.45) is 2.62. The summed E-state index contributed by atoms with van der Waals surface area (Å²) in [6, 6.07) is 1.86. The van der Waals surface area contributed by atoms with Crippen molar-refractivity contribution in [2.75, 3.05) is 7.05 Å². The van der Waals surface area contributed by atoms with E-state index in [4.69, 9.17) is 4.52 Å². The van der Waals surface area contributed by atoms with Gasteiger partial charge in [-0.3, -0.25) is 4.79 Å². The number of thiazole rings is 1. The molecule has 0 radical (unpaired) electrons. The molecule has 0 spiro atoms. The highest BCUT2D eigenvalue weighted by molar-refractivity contribution is 7.09. The van der Waals surface area contributed by atoms with Crippen molar-refractivity contribution in [3.05, 3.63) is 40.1 Å². The summed E-state index contributed by atoms with van der Waals surface area (Å²) >= 11 is 1.59. The van der Waals surface area contributed by atoms with Gasteiger partial charge in [-0.25, -0.2) is 4.98 Å². The second-order valence-electron chi connectivity index (χ2n) is 5.60. The van der Waals surface area contributed by atoms with Crippen LogP contribution in [0.4, 0.5) is 0 Å². The number of aryl methyl sites for hydroxylation is 3. The first-order valence-corrected chi connectivity index (χ1v) is 8.51. The van der Waals surface area contributed by atoms with E-state index in [-0.39, 0.29) is 12.5 Å². The molecule has 0 aliphatic carbocycles. The average Bonchev–Trinajstić information content (AvgIpc) is 3.26. The normalized spacial score (nSPS) is 11.0. The Morgan fingerprint density at radius 2 is 2.21 bits per heavy atom. The Morgan fingerprint density at radius 3 is 2.83 bits per heavy atom. The molecule has 0 bridgehead atoms. The first kappa shape index (κ1) is 16.4. The molecule has 3 aromatic heterocycles. The maximum absolute atomic E-state index is 12.7. The molecule has 0 unspecified atom stereocenters. The van der Waals surface area contributed by atoms with Crippen LogP contribution in [0.25, 0.3) is 11.3 Å². The molecule has 126 valence electrons. The quantitative estimate of drug-likeness (QED) is 0.710. The molecule has 3 heterocycles. The van der Waals surface area contributed by atoms with Crippen LogP contribution in [0, 0.1) is 6.92 Å². The summed E-state index contributed by atoms with van der Waals surface area (Å²) in [5.74, 6) is 0.977. The van der Waals surface area contributed by atoms with E-state index < -0.39 is 0 Å². The van der Waals surface area contributed by atoms with Crippen LogP contribution in [-0.2, 0) is 20.0 Å². The molecule has 0 saturated carbocycles. The van der Waals surface area contributed by atoms with Gasteiger partial charge >= 0.3 is 0 Å². The number of rotatable bonds is 5. The molecule has 0 aliphatic rings. The Bertz CT molecular complexity index is 864. The maximum atomic E-state index is 12.7. The van der Waals surface area contributed by atoms with E-state index in [1.165, 1.54) is 0 Å². The van der Waals surface area contributed by atoms with Gasteiger partial charge in [-0.1, -0.05) is 12.1 Å². The molecular weight excluding hydrogens is 326 g/mol. The summed E-state index contributed by atoms with van der Waals surface area (Å²) in [7, 11) is 3.57. The minimum absolute atomic E-state index is 0.105. The standard InChI is InChI=1S/C16H19N5O2S/c1-5-14-18-15(23-19-14)8-21(4)16(22)13-6-11(7-20(13)3)12-9-24-10(2)17-12/h6-7,9H,5,8H2,1-4H3. The lowest BCUT2D eigenvalue weighted by atomic mass is 10.2. The predicted molar refractivity (Wildman–Crippen MR) is 90.7 cm³/mol. The fourth-order valence-corrected chi connectivity index (χ4v) is 3.00. The van der Waals surface area contributed by atoms with Gasteiger partial charge < -0.3 is 14.0 Å². The van der Waals surface area contributed by atoms with Crippen LogP contribution in [0.15, 0.2) is 22.2 Å². The van der Waals surface area contributed by atoms with Gasteiger partial charge in [-0.15, -0.1) is 11.3 Å². The molecule has 0 atom stereocenters. The Hall–Kier alpha value is -2.48. The molecule has 3 aromatic rings. The number of aromatic nitrogens is 4. The number of carbonyl (C=O) groups excluding carboxylic acids is 1. The molecule has 0 saturated heterocycles. The van der Waals surface area contributed by atoms with Crippen LogP contribution in [0.2, 0.25) is 0 Å². The lowest BCUT2D eigenvalue weighted by Gasteiger charge is -2.14. The minimum atomic E-state index is -0.105. The van der Waals surface area contributed by atoms with E-state index in [2.05, 4.69) is 15.1 Å². The van der Waals surface area contributed by atoms with Crippen molar-refractivity contribution in [2.24, 2.45) is 7.05 Å². The molecule has 0 N–H and O–H groups in total. The molecule has 24 heavy (non-hydrogen) atoms. The van der Waals surface area contributed by atoms with E-state index in [1.807, 2.05) is 43.1 Å². The smallest absolute Gasteiger partial charge is 0.270 e. The third-order valence-electron chi connectivity index (χ3n) is 3.68. The van der Waals surface area contributed by atoms with Crippen LogP contribution in [0.5, 0.6) is 0 Å². The van der Waals surface area contributed by atoms with Gasteiger partial charge in [0.05, 0.1) is 10.7 Å². The zero-order chi connectivity index (χ0) is 17.3. The summed E-state index contributed by atoms with van der Waals surface area (Å²) in [4.78, 5) is 23.0. The van der Waals surface area contributed by atoms with Gasteiger partial charge in [-0.2, -0.15) is 4.98 Å². The Labute approximate surface area is 143 Å². The SMILES string of the molecule is CCc1noc(CN(C)C(=O)c2cc(-c3csc(C)n3)cn2C)n1. The third-order valence-corrected chi connectivity index (χ3v) is 4.46. The number of nitrogens with zero attached hydrogens (tertiary/aromatic N) is 5. The third kappa shape index (κ3) is 3.23. The lowest BCUT2D eigenvalue weighted by Crippen LogP contribution is -2.27. The van der Waals surface area contributed by atoms with Crippen LogP contribution in [0.1, 0.15) is 34.1 Å². The zero-order valence-corrected chi connectivity index (χ0v) is 14.9. The topological polar surface area (TPSA) is 77.0 Å². The first-order chi connectivity index (χ1) is 11.5. The Kier molecular flexibility index (Phi) is 4.48. The van der Waals surface area contributed by atoms with E-state index in [0.717, 1.165) is 16.3 Å². The van der Waals surface area contributed by atoms with Crippen molar-refractivity contribution in [2.45, 2.75) is 26.8 Å². The average molecular weight is 345 g/mol. The molecule has 0 fully saturated rings. The van der Waals surface area contributed by atoms with Crippen LogP contribution in [0.3, 0.4) is 0 Å². The van der Waals surface area contributed by atoms with Crippen molar-refractivity contribution in [1.82, 2.24) is 24.6 Å². The predicted octanol–water partition coefficient (Wildman–Crippen LogP) is 2.67. The van der Waals surface area contributed by atoms with Crippen LogP contribution >= 0.6 is 11.3 Å². The summed E-state index contributed by atoms with van der Waals surface area (Å²) in [6.45, 7) is 4.20. The zero-order valence-electron chi connectivity index (χ0n) is 14.1. The lowest BCUT2D eigenvalue weighted by molar-refractivity contribution is 0.0760. The largest absolute Gasteiger partial charge is 0.346 e. The summed E-state index contributed by atoms with van der Waals surface area (Å²) < 4.78 is 6.96. The van der Waals surface area contributed by atoms with Gasteiger partial charge in [0, 0.05) is 37.7 Å². The monoisotopic (exact) mass is 345 g/mol. The number of amides is 1. The minimum Gasteiger partial charge on any atom is -0.346 e. The van der Waals surface area contributed by atoms with Crippen molar-refractivity contribution >= 4 is 17.2 Å². The fourth-order valence-electron chi connectivity index (χ4n) is 2.38. The molecule has 8 heteroatoms. The van der Waals surface area contributed by atoms with Gasteiger partial charge in [0.1, 0.15) is 12.2 Å². The van der Waals surface area contributed by atoms with Crippen LogP contribution < -0.4 is 0 Å². The van der Waals surface area contributed by atoms with E-state index in [9.17, 15) is 4.79 Å².